The Bertz CT molecular complexity index is 227. The van der Waals surface area contributed by atoms with Crippen molar-refractivity contribution in [3.8, 4) is 0 Å². The molecular weight excluding hydrogens is 174 g/mol. The van der Waals surface area contributed by atoms with Crippen LogP contribution in [0.5, 0.6) is 0 Å². The topological polar surface area (TPSA) is 50.2 Å². The van der Waals surface area contributed by atoms with Crippen LogP contribution >= 0.6 is 0 Å². The van der Waals surface area contributed by atoms with Gasteiger partial charge in [-0.2, -0.15) is 0 Å². The van der Waals surface area contributed by atoms with Gasteiger partial charge in [-0.25, -0.2) is 4.21 Å². The Labute approximate surface area is 74.5 Å². The van der Waals surface area contributed by atoms with Crippen LogP contribution in [0.25, 0.3) is 0 Å². The van der Waals surface area contributed by atoms with E-state index in [0.29, 0.717) is 6.61 Å². The molecule has 1 aliphatic heterocycles. The summed E-state index contributed by atoms with van der Waals surface area (Å²) in [6.45, 7) is 4.98. The van der Waals surface area contributed by atoms with Crippen LogP contribution in [-0.2, 0) is 14.5 Å². The van der Waals surface area contributed by atoms with Gasteiger partial charge >= 0.3 is 0 Å². The minimum absolute atomic E-state index is 0.0359. The fourth-order valence-corrected chi connectivity index (χ4v) is 2.96. The Kier molecular flexibility index (Phi) is 3.12. The minimum Gasteiger partial charge on any atom is -0.380 e. The van der Waals surface area contributed by atoms with Gasteiger partial charge in [-0.05, 0) is 12.8 Å². The van der Waals surface area contributed by atoms with Crippen molar-refractivity contribution in [3.63, 3.8) is 0 Å². The molecular formula is C8H17NO2S. The van der Waals surface area contributed by atoms with Crippen LogP contribution in [0, 0.1) is 4.78 Å². The summed E-state index contributed by atoms with van der Waals surface area (Å²) >= 11 is 0. The average Bonchev–Trinajstić information content (AvgIpc) is 2.06. The van der Waals surface area contributed by atoms with Gasteiger partial charge in [0.25, 0.3) is 0 Å². The highest BCUT2D eigenvalue weighted by atomic mass is 32.2. The lowest BCUT2D eigenvalue weighted by molar-refractivity contribution is 0.0997. The van der Waals surface area contributed by atoms with Crippen LogP contribution in [0.4, 0.5) is 0 Å². The van der Waals surface area contributed by atoms with Crippen LogP contribution in [0.2, 0.25) is 0 Å². The predicted molar refractivity (Wildman–Crippen MR) is 49.8 cm³/mol. The smallest absolute Gasteiger partial charge is 0.0665 e. The standard InChI is InChI=1S/C8H17NO2S/c1-7(2)12(9,10)8-4-3-5-11-6-8/h7-9H,3-6H2,1-2H3. The summed E-state index contributed by atoms with van der Waals surface area (Å²) in [6, 6.07) is 0. The monoisotopic (exact) mass is 191 g/mol. The predicted octanol–water partition coefficient (Wildman–Crippen LogP) is 1.62. The molecule has 2 atom stereocenters. The van der Waals surface area contributed by atoms with E-state index in [2.05, 4.69) is 0 Å². The summed E-state index contributed by atoms with van der Waals surface area (Å²) in [5.41, 5.74) is 0. The molecule has 3 nitrogen and oxygen atoms in total. The first-order valence-electron chi connectivity index (χ1n) is 4.39. The van der Waals surface area contributed by atoms with Crippen LogP contribution in [0.1, 0.15) is 26.7 Å². The van der Waals surface area contributed by atoms with Gasteiger partial charge < -0.3 is 4.74 Å². The van der Waals surface area contributed by atoms with Crippen molar-refractivity contribution in [2.24, 2.45) is 0 Å². The van der Waals surface area contributed by atoms with Crippen LogP contribution < -0.4 is 0 Å². The van der Waals surface area contributed by atoms with E-state index < -0.39 is 9.73 Å². The fourth-order valence-electron chi connectivity index (χ4n) is 1.37. The SMILES string of the molecule is CC(C)S(=N)(=O)C1CCCOC1. The molecule has 0 aromatic rings. The summed E-state index contributed by atoms with van der Waals surface area (Å²) in [7, 11) is -2.42. The Balaban J connectivity index is 2.67. The molecule has 1 rings (SSSR count). The normalized spacial score (nSPS) is 30.1. The summed E-state index contributed by atoms with van der Waals surface area (Å²) < 4.78 is 24.8. The molecule has 4 heteroatoms. The second-order valence-corrected chi connectivity index (χ2v) is 6.44. The highest BCUT2D eigenvalue weighted by Gasteiger charge is 2.26. The first-order chi connectivity index (χ1) is 5.55. The van der Waals surface area contributed by atoms with E-state index in [1.54, 1.807) is 0 Å². The Morgan fingerprint density at radius 2 is 2.25 bits per heavy atom. The lowest BCUT2D eigenvalue weighted by Gasteiger charge is -2.26. The summed E-state index contributed by atoms with van der Waals surface area (Å²) in [5, 5.41) is -0.0875. The lowest BCUT2D eigenvalue weighted by Crippen LogP contribution is -2.34. The van der Waals surface area contributed by atoms with Gasteiger partial charge in [0.2, 0.25) is 0 Å². The third-order valence-corrected chi connectivity index (χ3v) is 5.08. The third-order valence-electron chi connectivity index (χ3n) is 2.31. The maximum absolute atomic E-state index is 11.8. The van der Waals surface area contributed by atoms with Gasteiger partial charge in [0.1, 0.15) is 0 Å². The summed E-state index contributed by atoms with van der Waals surface area (Å²) in [6.07, 6.45) is 1.84. The van der Waals surface area contributed by atoms with E-state index in [1.165, 1.54) is 0 Å². The Morgan fingerprint density at radius 3 is 2.67 bits per heavy atom. The second-order valence-electron chi connectivity index (χ2n) is 3.54. The zero-order valence-corrected chi connectivity index (χ0v) is 8.52. The molecule has 0 spiro atoms. The van der Waals surface area contributed by atoms with Crippen molar-refractivity contribution < 1.29 is 8.95 Å². The van der Waals surface area contributed by atoms with E-state index in [9.17, 15) is 4.21 Å². The zero-order chi connectivity index (χ0) is 9.19. The maximum atomic E-state index is 11.8. The van der Waals surface area contributed by atoms with Crippen LogP contribution in [-0.4, -0.2) is 27.9 Å². The highest BCUT2D eigenvalue weighted by molar-refractivity contribution is 7.93. The van der Waals surface area contributed by atoms with Crippen molar-refractivity contribution in [3.05, 3.63) is 0 Å². The zero-order valence-electron chi connectivity index (χ0n) is 7.71. The molecule has 12 heavy (non-hydrogen) atoms. The molecule has 1 aliphatic rings. The van der Waals surface area contributed by atoms with Crippen LogP contribution in [0.3, 0.4) is 0 Å². The quantitative estimate of drug-likeness (QED) is 0.721. The molecule has 1 saturated heterocycles. The molecule has 0 bridgehead atoms. The maximum Gasteiger partial charge on any atom is 0.0665 e. The summed E-state index contributed by atoms with van der Waals surface area (Å²) in [4.78, 5) is 0. The lowest BCUT2D eigenvalue weighted by atomic mass is 10.2. The first-order valence-corrected chi connectivity index (χ1v) is 6.08. The van der Waals surface area contributed by atoms with Gasteiger partial charge in [0, 0.05) is 11.9 Å². The highest BCUT2D eigenvalue weighted by Crippen LogP contribution is 2.19. The van der Waals surface area contributed by atoms with Crippen molar-refractivity contribution in [2.75, 3.05) is 13.2 Å². The van der Waals surface area contributed by atoms with E-state index >= 15 is 0 Å². The van der Waals surface area contributed by atoms with E-state index in [0.717, 1.165) is 19.4 Å². The number of hydrogen-bond donors (Lipinski definition) is 1. The molecule has 0 aliphatic carbocycles. The van der Waals surface area contributed by atoms with Crippen molar-refractivity contribution in [2.45, 2.75) is 37.2 Å². The molecule has 1 heterocycles. The molecule has 0 radical (unpaired) electrons. The first kappa shape index (κ1) is 9.99. The molecule has 0 aromatic heterocycles. The number of ether oxygens (including phenoxy) is 1. The van der Waals surface area contributed by atoms with Gasteiger partial charge in [-0.3, -0.25) is 4.78 Å². The van der Waals surface area contributed by atoms with E-state index in [1.807, 2.05) is 13.8 Å². The van der Waals surface area contributed by atoms with Gasteiger partial charge in [-0.15, -0.1) is 0 Å². The fraction of sp³-hybridized carbons (Fsp3) is 1.00. The molecule has 72 valence electrons. The van der Waals surface area contributed by atoms with Crippen molar-refractivity contribution in [1.82, 2.24) is 0 Å². The van der Waals surface area contributed by atoms with Gasteiger partial charge in [0.15, 0.2) is 0 Å². The van der Waals surface area contributed by atoms with Gasteiger partial charge in [-0.1, -0.05) is 13.8 Å². The minimum atomic E-state index is -2.42. The number of nitrogens with one attached hydrogen (secondary N) is 1. The second kappa shape index (κ2) is 3.75. The number of hydrogen-bond acceptors (Lipinski definition) is 3. The summed E-state index contributed by atoms with van der Waals surface area (Å²) in [5.74, 6) is 0. The van der Waals surface area contributed by atoms with Crippen molar-refractivity contribution in [1.29, 1.82) is 4.78 Å². The molecule has 0 amide bonds. The Hall–Kier alpha value is -0.0900. The largest absolute Gasteiger partial charge is 0.380 e. The van der Waals surface area contributed by atoms with Gasteiger partial charge in [0.05, 0.1) is 21.6 Å². The average molecular weight is 191 g/mol. The molecule has 0 saturated carbocycles. The van der Waals surface area contributed by atoms with Crippen LogP contribution in [0.15, 0.2) is 0 Å². The number of rotatable bonds is 2. The third kappa shape index (κ3) is 1.98. The molecule has 1 fully saturated rings. The molecule has 2 unspecified atom stereocenters. The van der Waals surface area contributed by atoms with Crippen molar-refractivity contribution >= 4 is 9.73 Å². The van der Waals surface area contributed by atoms with E-state index in [4.69, 9.17) is 9.52 Å². The molecule has 0 aromatic carbocycles. The molecule has 1 N–H and O–H groups in total. The van der Waals surface area contributed by atoms with E-state index in [-0.39, 0.29) is 10.5 Å². The Morgan fingerprint density at radius 1 is 1.58 bits per heavy atom.